The quantitative estimate of drug-likeness (QED) is 0.0452. The molecule has 0 spiro atoms. The number of rotatable bonds is 26. The van der Waals surface area contributed by atoms with Crippen LogP contribution in [-0.4, -0.2) is 107 Å². The summed E-state index contributed by atoms with van der Waals surface area (Å²) in [7, 11) is 2.04. The molecule has 1 heterocycles. The summed E-state index contributed by atoms with van der Waals surface area (Å²) < 4.78 is 79.7. The predicted molar refractivity (Wildman–Crippen MR) is 222 cm³/mol. The number of hydrogen-bond donors (Lipinski definition) is 0. The molecule has 0 atom stereocenters. The van der Waals surface area contributed by atoms with Crippen molar-refractivity contribution in [2.45, 2.75) is 78.9 Å². The Morgan fingerprint density at radius 3 is 2.11 bits per heavy atom. The Bertz CT molecular complexity index is 1670. The van der Waals surface area contributed by atoms with E-state index in [1.54, 1.807) is 12.1 Å². The van der Waals surface area contributed by atoms with Crippen molar-refractivity contribution in [1.29, 1.82) is 0 Å². The largest absolute Gasteiger partial charge is 0.493 e. The van der Waals surface area contributed by atoms with Crippen LogP contribution >= 0.6 is 0 Å². The Labute approximate surface area is 337 Å². The molecule has 316 valence electrons. The van der Waals surface area contributed by atoms with Crippen molar-refractivity contribution < 1.29 is 36.5 Å². The maximum absolute atomic E-state index is 14.1. The molecule has 1 fully saturated rings. The molecule has 0 N–H and O–H groups in total. The number of anilines is 1. The Kier molecular flexibility index (Phi) is 18.7. The topological polar surface area (TPSA) is 62.2 Å². The third-order valence-corrected chi connectivity index (χ3v) is 10.3. The zero-order valence-electron chi connectivity index (χ0n) is 34.6. The van der Waals surface area contributed by atoms with E-state index in [1.165, 1.54) is 18.9 Å². The highest BCUT2D eigenvalue weighted by atomic mass is 19.4. The number of benzene rings is 3. The summed E-state index contributed by atoms with van der Waals surface area (Å²) >= 11 is 0. The molecule has 0 bridgehead atoms. The van der Waals surface area contributed by atoms with Crippen LogP contribution in [0.15, 0.2) is 53.5 Å². The number of unbranched alkanes of at least 4 members (excludes halogenated alkanes) is 1. The molecule has 0 aliphatic carbocycles. The third-order valence-electron chi connectivity index (χ3n) is 10.3. The van der Waals surface area contributed by atoms with Crippen LogP contribution in [0, 0.1) is 5.82 Å². The van der Waals surface area contributed by atoms with Gasteiger partial charge in [0.1, 0.15) is 41.1 Å². The van der Waals surface area contributed by atoms with Crippen molar-refractivity contribution >= 4 is 18.1 Å². The molecule has 4 rings (SSSR count). The second-order valence-corrected chi connectivity index (χ2v) is 14.5. The lowest BCUT2D eigenvalue weighted by atomic mass is 10.1. The van der Waals surface area contributed by atoms with Crippen molar-refractivity contribution in [3.8, 4) is 28.7 Å². The Morgan fingerprint density at radius 2 is 1.42 bits per heavy atom. The van der Waals surface area contributed by atoms with Crippen LogP contribution in [0.1, 0.15) is 77.3 Å². The van der Waals surface area contributed by atoms with E-state index in [0.29, 0.717) is 61.9 Å². The number of nitrogens with zero attached hydrogens (tertiary/aromatic N) is 5. The highest BCUT2D eigenvalue weighted by molar-refractivity contribution is 5.77. The fourth-order valence-electron chi connectivity index (χ4n) is 6.77. The van der Waals surface area contributed by atoms with Gasteiger partial charge in [0.15, 0.2) is 5.75 Å². The summed E-state index contributed by atoms with van der Waals surface area (Å²) in [5.41, 5.74) is 0.901. The van der Waals surface area contributed by atoms with Crippen molar-refractivity contribution in [3.63, 3.8) is 0 Å². The van der Waals surface area contributed by atoms with Gasteiger partial charge in [-0.1, -0.05) is 34.1 Å². The van der Waals surface area contributed by atoms with E-state index in [2.05, 4.69) is 59.0 Å². The first-order valence-electron chi connectivity index (χ1n) is 20.6. The molecule has 9 nitrogen and oxygen atoms in total. The maximum Gasteiger partial charge on any atom is 0.419 e. The molecule has 57 heavy (non-hydrogen) atoms. The number of alkyl halides is 3. The zero-order chi connectivity index (χ0) is 41.2. The van der Waals surface area contributed by atoms with Gasteiger partial charge < -0.3 is 33.6 Å². The van der Waals surface area contributed by atoms with Gasteiger partial charge in [0, 0.05) is 56.5 Å². The minimum absolute atomic E-state index is 0.135. The fourth-order valence-corrected chi connectivity index (χ4v) is 6.77. The molecule has 1 saturated heterocycles. The zero-order valence-corrected chi connectivity index (χ0v) is 34.6. The van der Waals surface area contributed by atoms with Crippen molar-refractivity contribution in [2.24, 2.45) is 4.99 Å². The molecule has 3 aromatic rings. The molecular weight excluding hydrogens is 739 g/mol. The SMILES string of the molecule is C=Nc1c(OCCN2CCCC2)cc(OCCCN(CC)CC)cc1N(CCCC)Cc1ccc(Oc2ccc(F)c(C(F)(F)F)c2)cc1OCCCN(C)CC. The van der Waals surface area contributed by atoms with Gasteiger partial charge in [-0.3, -0.25) is 9.89 Å². The normalized spacial score (nSPS) is 13.4. The average molecular weight is 802 g/mol. The fraction of sp³-hybridized carbons (Fsp3) is 0.568. The highest BCUT2D eigenvalue weighted by Gasteiger charge is 2.34. The summed E-state index contributed by atoms with van der Waals surface area (Å²) in [6.45, 7) is 22.7. The van der Waals surface area contributed by atoms with Gasteiger partial charge in [-0.25, -0.2) is 4.39 Å². The molecule has 1 aliphatic heterocycles. The summed E-state index contributed by atoms with van der Waals surface area (Å²) in [5, 5.41) is 0. The van der Waals surface area contributed by atoms with Gasteiger partial charge in [-0.2, -0.15) is 13.2 Å². The van der Waals surface area contributed by atoms with Gasteiger partial charge >= 0.3 is 6.18 Å². The minimum atomic E-state index is -4.86. The van der Waals surface area contributed by atoms with E-state index in [1.807, 2.05) is 25.2 Å². The first-order valence-corrected chi connectivity index (χ1v) is 20.6. The van der Waals surface area contributed by atoms with E-state index in [-0.39, 0.29) is 11.5 Å². The first-order chi connectivity index (χ1) is 27.5. The van der Waals surface area contributed by atoms with E-state index >= 15 is 0 Å². The van der Waals surface area contributed by atoms with Crippen LogP contribution in [-0.2, 0) is 12.7 Å². The van der Waals surface area contributed by atoms with Gasteiger partial charge in [0.2, 0.25) is 0 Å². The van der Waals surface area contributed by atoms with E-state index in [9.17, 15) is 17.6 Å². The number of ether oxygens (including phenoxy) is 4. The Hall–Kier alpha value is -4.07. The van der Waals surface area contributed by atoms with Crippen LogP contribution < -0.4 is 23.8 Å². The molecular formula is C44H63F4N5O4. The lowest BCUT2D eigenvalue weighted by Gasteiger charge is -2.29. The molecule has 0 aromatic heterocycles. The van der Waals surface area contributed by atoms with Crippen LogP contribution in [0.3, 0.4) is 0 Å². The monoisotopic (exact) mass is 801 g/mol. The van der Waals surface area contributed by atoms with Gasteiger partial charge in [0.25, 0.3) is 0 Å². The van der Waals surface area contributed by atoms with E-state index in [4.69, 9.17) is 18.9 Å². The molecule has 1 aliphatic rings. The predicted octanol–water partition coefficient (Wildman–Crippen LogP) is 10.1. The Balaban J connectivity index is 1.68. The van der Waals surface area contributed by atoms with Gasteiger partial charge in [-0.15, -0.1) is 0 Å². The summed E-state index contributed by atoms with van der Waals surface area (Å²) in [4.78, 5) is 13.7. The number of hydrogen-bond acceptors (Lipinski definition) is 9. The highest BCUT2D eigenvalue weighted by Crippen LogP contribution is 2.43. The smallest absolute Gasteiger partial charge is 0.419 e. The third kappa shape index (κ3) is 14.4. The summed E-state index contributed by atoms with van der Waals surface area (Å²) in [5.74, 6) is 0.601. The molecule has 0 radical (unpaired) electrons. The molecule has 0 saturated carbocycles. The van der Waals surface area contributed by atoms with E-state index in [0.717, 1.165) is 95.4 Å². The standard InChI is InChI=1S/C44H63F4N5O4/c1-7-11-24-53(40-30-37(54-26-15-23-51(9-3)10-4)32-42(43(40)49-5)56-28-25-52-21-12-13-22-52)33-34-16-17-36(31-41(34)55-27-14-20-50(6)8-2)57-35-18-19-39(45)38(29-35)44(46,47)48/h16-19,29-32H,5,7-15,20-28,33H2,1-4,6H3. The van der Waals surface area contributed by atoms with E-state index < -0.39 is 17.6 Å². The molecule has 3 aromatic carbocycles. The lowest BCUT2D eigenvalue weighted by Crippen LogP contribution is -2.26. The number of halogens is 4. The average Bonchev–Trinajstić information content (AvgIpc) is 3.72. The van der Waals surface area contributed by atoms with Gasteiger partial charge in [0.05, 0.1) is 24.5 Å². The van der Waals surface area contributed by atoms with Gasteiger partial charge in [-0.05, 0) is 109 Å². The molecule has 0 amide bonds. The number of likely N-dealkylation sites (tertiary alicyclic amines) is 1. The van der Waals surface area contributed by atoms with Crippen LogP contribution in [0.5, 0.6) is 28.7 Å². The Morgan fingerprint density at radius 1 is 0.754 bits per heavy atom. The lowest BCUT2D eigenvalue weighted by molar-refractivity contribution is -0.140. The number of aliphatic imine (C=N–C) groups is 1. The minimum Gasteiger partial charge on any atom is -0.493 e. The second kappa shape index (κ2) is 23.4. The van der Waals surface area contributed by atoms with Crippen molar-refractivity contribution in [1.82, 2.24) is 14.7 Å². The molecule has 13 heteroatoms. The molecule has 0 unspecified atom stereocenters. The first kappa shape index (κ1) is 45.6. The summed E-state index contributed by atoms with van der Waals surface area (Å²) in [6.07, 6.45) is 1.02. The maximum atomic E-state index is 14.1. The second-order valence-electron chi connectivity index (χ2n) is 14.5. The van der Waals surface area contributed by atoms with Crippen LogP contribution in [0.2, 0.25) is 0 Å². The summed E-state index contributed by atoms with van der Waals surface area (Å²) in [6, 6.07) is 11.8. The van der Waals surface area contributed by atoms with Crippen molar-refractivity contribution in [2.75, 3.05) is 90.7 Å². The van der Waals surface area contributed by atoms with Crippen molar-refractivity contribution in [3.05, 3.63) is 65.5 Å². The van der Waals surface area contributed by atoms with Crippen LogP contribution in [0.4, 0.5) is 28.9 Å². The van der Waals surface area contributed by atoms with Crippen LogP contribution in [0.25, 0.3) is 0 Å².